The zero-order valence-electron chi connectivity index (χ0n) is 11.0. The molecular weight excluding hydrogens is 276 g/mol. The quantitative estimate of drug-likeness (QED) is 0.852. The number of hydrogen-bond acceptors (Lipinski definition) is 3. The maximum absolute atomic E-state index is 12.4. The van der Waals surface area contributed by atoms with Gasteiger partial charge in [-0.05, 0) is 48.3 Å². The molecule has 3 rings (SSSR count). The van der Waals surface area contributed by atoms with Gasteiger partial charge < -0.3 is 4.98 Å². The summed E-state index contributed by atoms with van der Waals surface area (Å²) >= 11 is 6.82. The summed E-state index contributed by atoms with van der Waals surface area (Å²) in [7, 11) is 0. The van der Waals surface area contributed by atoms with Crippen molar-refractivity contribution >= 4 is 33.8 Å². The second-order valence-electron chi connectivity index (χ2n) is 5.64. The highest BCUT2D eigenvalue weighted by atomic mass is 32.1. The zero-order valence-corrected chi connectivity index (χ0v) is 12.6. The van der Waals surface area contributed by atoms with E-state index in [0.29, 0.717) is 10.7 Å². The summed E-state index contributed by atoms with van der Waals surface area (Å²) in [5.41, 5.74) is 0.945. The van der Waals surface area contributed by atoms with Gasteiger partial charge >= 0.3 is 0 Å². The van der Waals surface area contributed by atoms with E-state index in [9.17, 15) is 4.79 Å². The van der Waals surface area contributed by atoms with Crippen LogP contribution in [0.5, 0.6) is 0 Å². The van der Waals surface area contributed by atoms with Gasteiger partial charge in [-0.15, -0.1) is 11.3 Å². The molecule has 1 fully saturated rings. The third-order valence-electron chi connectivity index (χ3n) is 4.17. The molecule has 1 aliphatic rings. The van der Waals surface area contributed by atoms with E-state index < -0.39 is 0 Å². The van der Waals surface area contributed by atoms with Gasteiger partial charge in [0, 0.05) is 6.54 Å². The first-order chi connectivity index (χ1) is 9.15. The molecule has 2 aromatic rings. The molecule has 0 aromatic carbocycles. The van der Waals surface area contributed by atoms with Gasteiger partial charge in [0.05, 0.1) is 5.52 Å². The zero-order chi connectivity index (χ0) is 13.4. The monoisotopic (exact) mass is 294 g/mol. The number of fused-ring (bicyclic) bond motifs is 1. The number of hydrogen-bond donors (Lipinski definition) is 1. The van der Waals surface area contributed by atoms with Crippen LogP contribution in [-0.2, 0) is 6.54 Å². The molecule has 0 unspecified atom stereocenters. The van der Waals surface area contributed by atoms with Crippen molar-refractivity contribution < 1.29 is 0 Å². The Labute approximate surface area is 121 Å². The summed E-state index contributed by atoms with van der Waals surface area (Å²) in [5, 5.41) is 1.93. The maximum atomic E-state index is 12.4. The summed E-state index contributed by atoms with van der Waals surface area (Å²) in [6.45, 7) is 3.08. The van der Waals surface area contributed by atoms with Crippen molar-refractivity contribution in [1.29, 1.82) is 0 Å². The molecule has 0 spiro atoms. The van der Waals surface area contributed by atoms with Crippen LogP contribution in [0.15, 0.2) is 16.2 Å². The van der Waals surface area contributed by atoms with Gasteiger partial charge in [0.15, 0.2) is 4.77 Å². The van der Waals surface area contributed by atoms with Gasteiger partial charge in [0.25, 0.3) is 5.56 Å². The van der Waals surface area contributed by atoms with Crippen LogP contribution in [-0.4, -0.2) is 9.55 Å². The highest BCUT2D eigenvalue weighted by molar-refractivity contribution is 7.71. The molecule has 0 aliphatic heterocycles. The highest BCUT2D eigenvalue weighted by Gasteiger charge is 2.19. The molecule has 0 radical (unpaired) electrons. The minimum Gasteiger partial charge on any atom is -0.331 e. The Morgan fingerprint density at radius 1 is 1.42 bits per heavy atom. The Hall–Kier alpha value is -0.940. The molecule has 0 atom stereocenters. The van der Waals surface area contributed by atoms with Crippen LogP contribution in [0.3, 0.4) is 0 Å². The minimum atomic E-state index is 0.0763. The van der Waals surface area contributed by atoms with E-state index in [-0.39, 0.29) is 5.56 Å². The number of thiophene rings is 1. The molecule has 2 aromatic heterocycles. The Morgan fingerprint density at radius 3 is 2.89 bits per heavy atom. The minimum absolute atomic E-state index is 0.0763. The van der Waals surface area contributed by atoms with Crippen LogP contribution < -0.4 is 5.56 Å². The molecule has 102 valence electrons. The Balaban J connectivity index is 1.92. The molecule has 1 saturated carbocycles. The van der Waals surface area contributed by atoms with Crippen molar-refractivity contribution in [1.82, 2.24) is 9.55 Å². The maximum Gasteiger partial charge on any atom is 0.272 e. The fourth-order valence-electron chi connectivity index (χ4n) is 2.91. The van der Waals surface area contributed by atoms with Crippen LogP contribution in [0.2, 0.25) is 0 Å². The van der Waals surface area contributed by atoms with Crippen LogP contribution in [0.1, 0.15) is 32.6 Å². The van der Waals surface area contributed by atoms with Crippen LogP contribution >= 0.6 is 23.6 Å². The number of aromatic nitrogens is 2. The summed E-state index contributed by atoms with van der Waals surface area (Å²) in [4.78, 5) is 15.6. The predicted octanol–water partition coefficient (Wildman–Crippen LogP) is 3.95. The molecule has 0 bridgehead atoms. The van der Waals surface area contributed by atoms with Gasteiger partial charge in [-0.3, -0.25) is 9.36 Å². The first-order valence-corrected chi connectivity index (χ1v) is 8.14. The number of nitrogens with one attached hydrogen (secondary N) is 1. The lowest BCUT2D eigenvalue weighted by Crippen LogP contribution is -2.27. The average Bonchev–Trinajstić information content (AvgIpc) is 2.85. The molecular formula is C14H18N2OS2. The summed E-state index contributed by atoms with van der Waals surface area (Å²) in [5.74, 6) is 1.43. The predicted molar refractivity (Wildman–Crippen MR) is 82.4 cm³/mol. The number of rotatable bonds is 2. The van der Waals surface area contributed by atoms with E-state index in [1.165, 1.54) is 37.0 Å². The van der Waals surface area contributed by atoms with E-state index in [4.69, 9.17) is 12.2 Å². The first-order valence-electron chi connectivity index (χ1n) is 6.85. The van der Waals surface area contributed by atoms with Crippen molar-refractivity contribution in [3.05, 3.63) is 26.6 Å². The molecule has 1 N–H and O–H groups in total. The lowest BCUT2D eigenvalue weighted by molar-refractivity contribution is 0.262. The molecule has 2 heterocycles. The second kappa shape index (κ2) is 5.21. The normalized spacial score (nSPS) is 23.8. The van der Waals surface area contributed by atoms with Gasteiger partial charge in [0.1, 0.15) is 4.70 Å². The lowest BCUT2D eigenvalue weighted by Gasteiger charge is -2.26. The molecule has 0 saturated heterocycles. The number of aromatic amines is 1. The lowest BCUT2D eigenvalue weighted by atomic mass is 9.83. The molecule has 19 heavy (non-hydrogen) atoms. The summed E-state index contributed by atoms with van der Waals surface area (Å²) in [6, 6.07) is 1.92. The molecule has 3 nitrogen and oxygen atoms in total. The van der Waals surface area contributed by atoms with Gasteiger partial charge in [-0.25, -0.2) is 0 Å². The first kappa shape index (κ1) is 13.1. The number of nitrogens with zero attached hydrogens (tertiary/aromatic N) is 1. The van der Waals surface area contributed by atoms with Crippen molar-refractivity contribution in [2.75, 3.05) is 0 Å². The summed E-state index contributed by atoms with van der Waals surface area (Å²) < 4.78 is 3.11. The van der Waals surface area contributed by atoms with Gasteiger partial charge in [0.2, 0.25) is 0 Å². The van der Waals surface area contributed by atoms with E-state index >= 15 is 0 Å². The average molecular weight is 294 g/mol. The van der Waals surface area contributed by atoms with Crippen molar-refractivity contribution in [3.63, 3.8) is 0 Å². The second-order valence-corrected chi connectivity index (χ2v) is 6.94. The fraction of sp³-hybridized carbons (Fsp3) is 0.571. The number of H-pyrrole nitrogens is 1. The topological polar surface area (TPSA) is 37.8 Å². The van der Waals surface area contributed by atoms with Crippen molar-refractivity contribution in [2.45, 2.75) is 39.2 Å². The Morgan fingerprint density at radius 2 is 2.16 bits per heavy atom. The molecule has 1 aliphatic carbocycles. The van der Waals surface area contributed by atoms with Crippen LogP contribution in [0.25, 0.3) is 10.2 Å². The van der Waals surface area contributed by atoms with E-state index in [0.717, 1.165) is 22.7 Å². The Bertz CT molecular complexity index is 689. The van der Waals surface area contributed by atoms with E-state index in [1.807, 2.05) is 11.4 Å². The van der Waals surface area contributed by atoms with Gasteiger partial charge in [-0.2, -0.15) is 0 Å². The van der Waals surface area contributed by atoms with Crippen LogP contribution in [0.4, 0.5) is 0 Å². The van der Waals surface area contributed by atoms with E-state index in [2.05, 4.69) is 11.9 Å². The third-order valence-corrected chi connectivity index (χ3v) is 5.39. The van der Waals surface area contributed by atoms with E-state index in [1.54, 1.807) is 4.57 Å². The fourth-order valence-corrected chi connectivity index (χ4v) is 3.97. The smallest absolute Gasteiger partial charge is 0.272 e. The standard InChI is InChI=1S/C14H18N2OS2/c1-9-2-4-10(5-3-9)8-16-13(17)12-11(6-7-19-12)15-14(16)18/h6-7,9-10H,2-5,8H2,1H3,(H,15,18). The molecule has 5 heteroatoms. The van der Waals surface area contributed by atoms with Crippen LogP contribution in [0, 0.1) is 16.6 Å². The largest absolute Gasteiger partial charge is 0.331 e. The highest BCUT2D eigenvalue weighted by Crippen LogP contribution is 2.29. The Kier molecular flexibility index (Phi) is 3.58. The van der Waals surface area contributed by atoms with Crippen molar-refractivity contribution in [2.24, 2.45) is 11.8 Å². The molecule has 0 amide bonds. The SMILES string of the molecule is CC1CCC(Cn2c(=S)[nH]c3ccsc3c2=O)CC1. The van der Waals surface area contributed by atoms with Gasteiger partial charge in [-0.1, -0.05) is 19.8 Å². The third kappa shape index (κ3) is 2.54. The van der Waals surface area contributed by atoms with Crippen molar-refractivity contribution in [3.8, 4) is 0 Å². The summed E-state index contributed by atoms with van der Waals surface area (Å²) in [6.07, 6.45) is 4.98.